The van der Waals surface area contributed by atoms with Crippen LogP contribution in [-0.2, 0) is 25.7 Å². The van der Waals surface area contributed by atoms with Crippen molar-refractivity contribution in [3.63, 3.8) is 0 Å². The predicted molar refractivity (Wildman–Crippen MR) is 89.8 cm³/mol. The minimum Gasteiger partial charge on any atom is -0.461 e. The van der Waals surface area contributed by atoms with Gasteiger partial charge in [0.1, 0.15) is 12.2 Å². The monoisotopic (exact) mass is 320 g/mol. The van der Waals surface area contributed by atoms with E-state index in [1.807, 2.05) is 51.1 Å². The molecule has 0 aliphatic carbocycles. The van der Waals surface area contributed by atoms with E-state index in [4.69, 9.17) is 9.47 Å². The zero-order valence-corrected chi connectivity index (χ0v) is 14.5. The SMILES string of the molecule is CC(C)(C)OC(=O)CCCCCCC(=O)OCc1ccccc1. The van der Waals surface area contributed by atoms with Crippen LogP contribution in [0.25, 0.3) is 0 Å². The Bertz CT molecular complexity index is 474. The van der Waals surface area contributed by atoms with E-state index in [9.17, 15) is 9.59 Å². The van der Waals surface area contributed by atoms with Crippen LogP contribution in [0.15, 0.2) is 30.3 Å². The highest BCUT2D eigenvalue weighted by atomic mass is 16.6. The van der Waals surface area contributed by atoms with Crippen molar-refractivity contribution in [1.82, 2.24) is 0 Å². The molecule has 0 radical (unpaired) electrons. The van der Waals surface area contributed by atoms with E-state index >= 15 is 0 Å². The first-order chi connectivity index (χ1) is 10.9. The first kappa shape index (κ1) is 19.2. The number of unbranched alkanes of at least 4 members (excludes halogenated alkanes) is 3. The lowest BCUT2D eigenvalue weighted by atomic mass is 10.1. The van der Waals surface area contributed by atoms with Crippen LogP contribution in [0.1, 0.15) is 64.9 Å². The number of carbonyl (C=O) groups excluding carboxylic acids is 2. The fourth-order valence-electron chi connectivity index (χ4n) is 2.09. The van der Waals surface area contributed by atoms with Crippen molar-refractivity contribution < 1.29 is 19.1 Å². The summed E-state index contributed by atoms with van der Waals surface area (Å²) in [7, 11) is 0. The Kier molecular flexibility index (Phi) is 8.38. The normalized spacial score (nSPS) is 11.1. The highest BCUT2D eigenvalue weighted by Crippen LogP contribution is 2.12. The van der Waals surface area contributed by atoms with Crippen LogP contribution in [0.2, 0.25) is 0 Å². The average molecular weight is 320 g/mol. The molecule has 0 aromatic heterocycles. The molecule has 0 aliphatic rings. The van der Waals surface area contributed by atoms with Crippen molar-refractivity contribution in [1.29, 1.82) is 0 Å². The third kappa shape index (κ3) is 10.5. The minimum absolute atomic E-state index is 0.153. The molecule has 0 bridgehead atoms. The Morgan fingerprint density at radius 1 is 0.870 bits per heavy atom. The molecule has 1 aromatic rings. The molecule has 0 amide bonds. The number of hydrogen-bond donors (Lipinski definition) is 0. The molecule has 0 heterocycles. The van der Waals surface area contributed by atoms with Gasteiger partial charge in [-0.2, -0.15) is 0 Å². The molecule has 128 valence electrons. The molecule has 0 aliphatic heterocycles. The van der Waals surface area contributed by atoms with Crippen molar-refractivity contribution in [2.45, 2.75) is 71.5 Å². The number of hydrogen-bond acceptors (Lipinski definition) is 4. The number of benzene rings is 1. The molecule has 0 unspecified atom stereocenters. The van der Waals surface area contributed by atoms with E-state index in [1.165, 1.54) is 0 Å². The Morgan fingerprint density at radius 3 is 2.00 bits per heavy atom. The van der Waals surface area contributed by atoms with Crippen LogP contribution in [0, 0.1) is 0 Å². The second-order valence-corrected chi connectivity index (χ2v) is 6.65. The van der Waals surface area contributed by atoms with Gasteiger partial charge in [0.2, 0.25) is 0 Å². The fourth-order valence-corrected chi connectivity index (χ4v) is 2.09. The summed E-state index contributed by atoms with van der Waals surface area (Å²) >= 11 is 0. The number of carbonyl (C=O) groups is 2. The molecule has 0 atom stereocenters. The summed E-state index contributed by atoms with van der Waals surface area (Å²) in [5, 5.41) is 0. The molecule has 4 nitrogen and oxygen atoms in total. The van der Waals surface area contributed by atoms with Gasteiger partial charge in [0.05, 0.1) is 0 Å². The Labute approximate surface area is 139 Å². The van der Waals surface area contributed by atoms with Gasteiger partial charge in [0, 0.05) is 12.8 Å². The molecular formula is C19H28O4. The smallest absolute Gasteiger partial charge is 0.306 e. The van der Waals surface area contributed by atoms with E-state index in [1.54, 1.807) is 0 Å². The third-order valence-corrected chi connectivity index (χ3v) is 3.17. The van der Waals surface area contributed by atoms with E-state index in [0.717, 1.165) is 31.2 Å². The second kappa shape index (κ2) is 10.0. The van der Waals surface area contributed by atoms with Gasteiger partial charge in [-0.05, 0) is 39.2 Å². The molecule has 1 aromatic carbocycles. The van der Waals surface area contributed by atoms with E-state index in [-0.39, 0.29) is 11.9 Å². The van der Waals surface area contributed by atoms with Crippen molar-refractivity contribution in [2.24, 2.45) is 0 Å². The van der Waals surface area contributed by atoms with E-state index in [2.05, 4.69) is 0 Å². The molecule has 0 saturated carbocycles. The molecule has 0 saturated heterocycles. The van der Waals surface area contributed by atoms with E-state index in [0.29, 0.717) is 19.4 Å². The molecular weight excluding hydrogens is 292 g/mol. The molecule has 0 fully saturated rings. The lowest BCUT2D eigenvalue weighted by Gasteiger charge is -2.19. The van der Waals surface area contributed by atoms with Gasteiger partial charge in [0.25, 0.3) is 0 Å². The maximum Gasteiger partial charge on any atom is 0.306 e. The first-order valence-corrected chi connectivity index (χ1v) is 8.28. The standard InChI is InChI=1S/C19H28O4/c1-19(2,3)23-18(21)14-10-5-4-9-13-17(20)22-15-16-11-7-6-8-12-16/h6-8,11-12H,4-5,9-10,13-15H2,1-3H3. The number of ether oxygens (including phenoxy) is 2. The average Bonchev–Trinajstić information content (AvgIpc) is 2.48. The first-order valence-electron chi connectivity index (χ1n) is 8.28. The fraction of sp³-hybridized carbons (Fsp3) is 0.579. The maximum absolute atomic E-state index is 11.6. The molecule has 0 N–H and O–H groups in total. The number of esters is 2. The van der Waals surface area contributed by atoms with Crippen molar-refractivity contribution in [2.75, 3.05) is 0 Å². The van der Waals surface area contributed by atoms with Crippen LogP contribution in [-0.4, -0.2) is 17.5 Å². The topological polar surface area (TPSA) is 52.6 Å². The summed E-state index contributed by atoms with van der Waals surface area (Å²) in [6.45, 7) is 5.93. The van der Waals surface area contributed by atoms with Crippen LogP contribution >= 0.6 is 0 Å². The van der Waals surface area contributed by atoms with Crippen LogP contribution in [0.5, 0.6) is 0 Å². The van der Waals surface area contributed by atoms with Gasteiger partial charge in [0.15, 0.2) is 0 Å². The Balaban J connectivity index is 2.00. The summed E-state index contributed by atoms with van der Waals surface area (Å²) in [5.74, 6) is -0.319. The second-order valence-electron chi connectivity index (χ2n) is 6.65. The Hall–Kier alpha value is -1.84. The van der Waals surface area contributed by atoms with E-state index < -0.39 is 5.60 Å². The van der Waals surface area contributed by atoms with Gasteiger partial charge in [-0.3, -0.25) is 9.59 Å². The summed E-state index contributed by atoms with van der Waals surface area (Å²) in [6, 6.07) is 9.65. The molecule has 0 spiro atoms. The van der Waals surface area contributed by atoms with Gasteiger partial charge >= 0.3 is 11.9 Å². The largest absolute Gasteiger partial charge is 0.461 e. The quantitative estimate of drug-likeness (QED) is 0.499. The van der Waals surface area contributed by atoms with Crippen LogP contribution < -0.4 is 0 Å². The summed E-state index contributed by atoms with van der Waals surface area (Å²) in [4.78, 5) is 23.1. The van der Waals surface area contributed by atoms with Crippen molar-refractivity contribution in [3.05, 3.63) is 35.9 Å². The summed E-state index contributed by atoms with van der Waals surface area (Å²) < 4.78 is 10.5. The molecule has 1 rings (SSSR count). The zero-order chi connectivity index (χ0) is 17.1. The lowest BCUT2D eigenvalue weighted by molar-refractivity contribution is -0.155. The van der Waals surface area contributed by atoms with Crippen LogP contribution in [0.3, 0.4) is 0 Å². The van der Waals surface area contributed by atoms with Crippen molar-refractivity contribution >= 4 is 11.9 Å². The highest BCUT2D eigenvalue weighted by Gasteiger charge is 2.15. The molecule has 4 heteroatoms. The van der Waals surface area contributed by atoms with Crippen LogP contribution in [0.4, 0.5) is 0 Å². The third-order valence-electron chi connectivity index (χ3n) is 3.17. The number of rotatable bonds is 9. The lowest BCUT2D eigenvalue weighted by Crippen LogP contribution is -2.23. The van der Waals surface area contributed by atoms with Gasteiger partial charge in [-0.25, -0.2) is 0 Å². The van der Waals surface area contributed by atoms with Crippen molar-refractivity contribution in [3.8, 4) is 0 Å². The van der Waals surface area contributed by atoms with Gasteiger partial charge in [-0.15, -0.1) is 0 Å². The molecule has 23 heavy (non-hydrogen) atoms. The Morgan fingerprint density at radius 2 is 1.43 bits per heavy atom. The predicted octanol–water partition coefficient (Wildman–Crippen LogP) is 4.41. The maximum atomic E-state index is 11.6. The highest BCUT2D eigenvalue weighted by molar-refractivity contribution is 5.70. The summed E-state index contributed by atoms with van der Waals surface area (Å²) in [5.41, 5.74) is 0.581. The van der Waals surface area contributed by atoms with Gasteiger partial charge < -0.3 is 9.47 Å². The summed E-state index contributed by atoms with van der Waals surface area (Å²) in [6.07, 6.45) is 4.30. The van der Waals surface area contributed by atoms with Gasteiger partial charge in [-0.1, -0.05) is 43.2 Å². The minimum atomic E-state index is -0.417. The zero-order valence-electron chi connectivity index (χ0n) is 14.5.